The van der Waals surface area contributed by atoms with Gasteiger partial charge in [-0.3, -0.25) is 4.79 Å². The van der Waals surface area contributed by atoms with Gasteiger partial charge in [-0.1, -0.05) is 38.2 Å². The summed E-state index contributed by atoms with van der Waals surface area (Å²) in [5, 5.41) is 2.52. The molecular formula is C22H21F5N2O3S. The van der Waals surface area contributed by atoms with Crippen LogP contribution in [0.15, 0.2) is 24.3 Å². The van der Waals surface area contributed by atoms with E-state index in [1.165, 1.54) is 31.2 Å². The number of esters is 1. The highest BCUT2D eigenvalue weighted by molar-refractivity contribution is 7.81. The van der Waals surface area contributed by atoms with Crippen molar-refractivity contribution in [2.45, 2.75) is 39.8 Å². The zero-order valence-corrected chi connectivity index (χ0v) is 19.0. The summed E-state index contributed by atoms with van der Waals surface area (Å²) in [5.41, 5.74) is -4.02. The van der Waals surface area contributed by atoms with E-state index >= 15 is 0 Å². The Bertz CT molecular complexity index is 1070. The third-order valence-electron chi connectivity index (χ3n) is 4.50. The first-order valence-corrected chi connectivity index (χ1v) is 10.1. The van der Waals surface area contributed by atoms with Crippen LogP contribution in [-0.2, 0) is 22.1 Å². The smallest absolute Gasteiger partial charge is 0.434 e. The van der Waals surface area contributed by atoms with Crippen LogP contribution in [0.25, 0.3) is 0 Å². The van der Waals surface area contributed by atoms with Crippen LogP contribution in [0, 0.1) is 5.92 Å². The van der Waals surface area contributed by atoms with E-state index in [0.29, 0.717) is 5.69 Å². The second kappa shape index (κ2) is 10.3. The molecule has 178 valence electrons. The fourth-order valence-corrected chi connectivity index (χ4v) is 3.61. The number of anilines is 1. The van der Waals surface area contributed by atoms with E-state index in [0.717, 1.165) is 7.11 Å². The first-order chi connectivity index (χ1) is 15.3. The first-order valence-electron chi connectivity index (χ1n) is 9.70. The molecule has 11 heteroatoms. The zero-order valence-electron chi connectivity index (χ0n) is 18.1. The Balaban J connectivity index is 2.88. The summed E-state index contributed by atoms with van der Waals surface area (Å²) in [4.78, 5) is 26.4. The molecule has 0 spiro atoms. The number of hydrogen-bond acceptors (Lipinski definition) is 5. The number of aromatic nitrogens is 1. The number of thiocarbonyl (C=S) groups is 1. The Kier molecular flexibility index (Phi) is 8.23. The van der Waals surface area contributed by atoms with E-state index in [9.17, 15) is 31.5 Å². The van der Waals surface area contributed by atoms with E-state index in [1.54, 1.807) is 13.8 Å². The van der Waals surface area contributed by atoms with Crippen LogP contribution in [-0.4, -0.2) is 28.8 Å². The van der Waals surface area contributed by atoms with Crippen LogP contribution in [0.3, 0.4) is 0 Å². The molecule has 2 aromatic rings. The minimum absolute atomic E-state index is 0.150. The maximum absolute atomic E-state index is 14.0. The lowest BCUT2D eigenvalue weighted by molar-refractivity contribution is -0.141. The largest absolute Gasteiger partial charge is 0.465 e. The Morgan fingerprint density at radius 1 is 1.12 bits per heavy atom. The fourth-order valence-electron chi connectivity index (χ4n) is 3.26. The highest BCUT2D eigenvalue weighted by atomic mass is 32.1. The number of amides is 1. The summed E-state index contributed by atoms with van der Waals surface area (Å²) in [6, 6.07) is 5.62. The van der Waals surface area contributed by atoms with Gasteiger partial charge < -0.3 is 10.1 Å². The van der Waals surface area contributed by atoms with Crippen LogP contribution in [0.1, 0.15) is 65.6 Å². The van der Waals surface area contributed by atoms with Crippen molar-refractivity contribution in [1.29, 1.82) is 0 Å². The fraction of sp³-hybridized carbons (Fsp3) is 0.364. The van der Waals surface area contributed by atoms with E-state index in [4.69, 9.17) is 12.2 Å². The number of benzene rings is 1. The van der Waals surface area contributed by atoms with E-state index in [2.05, 4.69) is 15.0 Å². The highest BCUT2D eigenvalue weighted by Gasteiger charge is 2.41. The number of ether oxygens (including phenoxy) is 1. The van der Waals surface area contributed by atoms with Crippen molar-refractivity contribution in [2.24, 2.45) is 5.92 Å². The third-order valence-corrected chi connectivity index (χ3v) is 4.94. The molecule has 5 nitrogen and oxygen atoms in total. The minimum Gasteiger partial charge on any atom is -0.465 e. The third kappa shape index (κ3) is 6.10. The summed E-state index contributed by atoms with van der Waals surface area (Å²) in [6.45, 7) is 4.61. The molecule has 0 saturated carbocycles. The zero-order chi connectivity index (χ0) is 25.1. The van der Waals surface area contributed by atoms with Gasteiger partial charge in [-0.05, 0) is 35.6 Å². The molecule has 0 saturated heterocycles. The lowest BCUT2D eigenvalue weighted by atomic mass is 9.88. The van der Waals surface area contributed by atoms with Gasteiger partial charge in [-0.15, -0.1) is 0 Å². The maximum atomic E-state index is 14.0. The number of hydrogen-bond donors (Lipinski definition) is 1. The number of nitrogens with zero attached hydrogens (tertiary/aromatic N) is 1. The molecule has 1 aromatic carbocycles. The minimum atomic E-state index is -5.13. The second-order valence-corrected chi connectivity index (χ2v) is 7.96. The van der Waals surface area contributed by atoms with E-state index < -0.39 is 41.1 Å². The number of carbonyl (C=O) groups excluding carboxylic acids is 2. The molecule has 0 bridgehead atoms. The van der Waals surface area contributed by atoms with Gasteiger partial charge in [-0.25, -0.2) is 18.6 Å². The monoisotopic (exact) mass is 488 g/mol. The molecule has 0 unspecified atom stereocenters. The summed E-state index contributed by atoms with van der Waals surface area (Å²) in [5.74, 6) is -1.89. The molecule has 33 heavy (non-hydrogen) atoms. The molecule has 0 atom stereocenters. The van der Waals surface area contributed by atoms with Gasteiger partial charge in [0.05, 0.1) is 17.5 Å². The molecule has 2 rings (SSSR count). The summed E-state index contributed by atoms with van der Waals surface area (Å²) < 4.78 is 73.9. The van der Waals surface area contributed by atoms with Crippen molar-refractivity contribution in [3.8, 4) is 0 Å². The van der Waals surface area contributed by atoms with Crippen molar-refractivity contribution in [2.75, 3.05) is 12.4 Å². The normalized spacial score (nSPS) is 11.6. The molecule has 0 fully saturated rings. The van der Waals surface area contributed by atoms with Gasteiger partial charge in [0.15, 0.2) is 5.69 Å². The van der Waals surface area contributed by atoms with Crippen molar-refractivity contribution in [1.82, 2.24) is 4.98 Å². The lowest BCUT2D eigenvalue weighted by Gasteiger charge is -2.23. The van der Waals surface area contributed by atoms with E-state index in [1.807, 2.05) is 0 Å². The molecule has 1 aromatic heterocycles. The second-order valence-electron chi connectivity index (χ2n) is 7.55. The van der Waals surface area contributed by atoms with Gasteiger partial charge in [0.25, 0.3) is 6.43 Å². The average molecular weight is 488 g/mol. The van der Waals surface area contributed by atoms with Gasteiger partial charge >= 0.3 is 12.1 Å². The molecule has 0 aliphatic carbocycles. The van der Waals surface area contributed by atoms with Crippen LogP contribution in [0.5, 0.6) is 0 Å². The summed E-state index contributed by atoms with van der Waals surface area (Å²) >= 11 is 5.34. The van der Waals surface area contributed by atoms with Gasteiger partial charge in [0.1, 0.15) is 5.69 Å². The van der Waals surface area contributed by atoms with Gasteiger partial charge in [0.2, 0.25) is 5.91 Å². The maximum Gasteiger partial charge on any atom is 0.434 e. The van der Waals surface area contributed by atoms with Crippen molar-refractivity contribution < 1.29 is 36.3 Å². The van der Waals surface area contributed by atoms with Crippen molar-refractivity contribution >= 4 is 34.6 Å². The predicted octanol–water partition coefficient (Wildman–Crippen LogP) is 5.75. The highest BCUT2D eigenvalue weighted by Crippen LogP contribution is 2.39. The Morgan fingerprint density at radius 3 is 2.12 bits per heavy atom. The van der Waals surface area contributed by atoms with Crippen LogP contribution >= 0.6 is 12.2 Å². The van der Waals surface area contributed by atoms with Crippen LogP contribution < -0.4 is 5.32 Å². The standard InChI is InChI=1S/C22H21F5N2O3S/c1-10(2)9-14-15(21(31)32-4)17(20(23)24)29-19(22(25,26)27)16(14)18(33)12-5-7-13(8-6-12)28-11(3)30/h5-8,10,20H,9H2,1-4H3,(H,28,30). The molecule has 1 N–H and O–H groups in total. The van der Waals surface area contributed by atoms with Crippen LogP contribution in [0.2, 0.25) is 0 Å². The van der Waals surface area contributed by atoms with Crippen molar-refractivity contribution in [3.63, 3.8) is 0 Å². The SMILES string of the molecule is COC(=O)c1c(C(F)F)nc(C(F)(F)F)c(C(=S)c2ccc(NC(C)=O)cc2)c1CC(C)C. The molecule has 0 radical (unpaired) electrons. The number of alkyl halides is 5. The number of methoxy groups -OCH3 is 1. The van der Waals surface area contributed by atoms with E-state index in [-0.39, 0.29) is 34.2 Å². The summed E-state index contributed by atoms with van der Waals surface area (Å²) in [6.07, 6.45) is -8.74. The number of nitrogens with one attached hydrogen (secondary N) is 1. The molecule has 0 aliphatic heterocycles. The first kappa shape index (κ1) is 26.3. The number of pyridine rings is 1. The van der Waals surface area contributed by atoms with Crippen LogP contribution in [0.4, 0.5) is 27.6 Å². The molecule has 1 heterocycles. The van der Waals surface area contributed by atoms with Crippen molar-refractivity contribution in [3.05, 3.63) is 57.9 Å². The number of carbonyl (C=O) groups is 2. The van der Waals surface area contributed by atoms with Gasteiger partial charge in [-0.2, -0.15) is 13.2 Å². The predicted molar refractivity (Wildman–Crippen MR) is 116 cm³/mol. The lowest BCUT2D eigenvalue weighted by Crippen LogP contribution is -2.25. The number of halogens is 5. The Morgan fingerprint density at radius 2 is 1.70 bits per heavy atom. The molecule has 1 amide bonds. The van der Waals surface area contributed by atoms with Gasteiger partial charge in [0, 0.05) is 18.2 Å². The number of rotatable bonds is 7. The topological polar surface area (TPSA) is 68.3 Å². The summed E-state index contributed by atoms with van der Waals surface area (Å²) in [7, 11) is 0.938. The molecular weight excluding hydrogens is 467 g/mol. The Hall–Kier alpha value is -2.95. The average Bonchev–Trinajstić information content (AvgIpc) is 2.70. The quantitative estimate of drug-likeness (QED) is 0.233. The Labute approximate surface area is 192 Å². The molecule has 0 aliphatic rings.